The summed E-state index contributed by atoms with van der Waals surface area (Å²) in [6.45, 7) is 0. The van der Waals surface area contributed by atoms with E-state index in [1.54, 1.807) is 24.3 Å². The van der Waals surface area contributed by atoms with E-state index in [1.165, 1.54) is 18.2 Å². The number of benzene rings is 2. The van der Waals surface area contributed by atoms with Crippen LogP contribution in [-0.2, 0) is 0 Å². The normalized spacial score (nSPS) is 10.3. The van der Waals surface area contributed by atoms with Crippen LogP contribution in [0.5, 0.6) is 5.75 Å². The molecule has 0 saturated carbocycles. The van der Waals surface area contributed by atoms with Gasteiger partial charge in [-0.3, -0.25) is 0 Å². The highest BCUT2D eigenvalue weighted by molar-refractivity contribution is 6.31. The van der Waals surface area contributed by atoms with Crippen molar-refractivity contribution in [1.29, 1.82) is 0 Å². The van der Waals surface area contributed by atoms with E-state index in [4.69, 9.17) is 11.6 Å². The van der Waals surface area contributed by atoms with Gasteiger partial charge in [-0.1, -0.05) is 23.7 Å². The Morgan fingerprint density at radius 1 is 0.933 bits per heavy atom. The Kier molecular flexibility index (Phi) is 2.60. The third-order valence-electron chi connectivity index (χ3n) is 2.06. The van der Waals surface area contributed by atoms with Crippen molar-refractivity contribution in [2.75, 3.05) is 0 Å². The van der Waals surface area contributed by atoms with E-state index in [9.17, 15) is 9.50 Å². The fourth-order valence-electron chi connectivity index (χ4n) is 1.38. The highest BCUT2D eigenvalue weighted by Gasteiger charge is 2.01. The highest BCUT2D eigenvalue weighted by Crippen LogP contribution is 2.27. The van der Waals surface area contributed by atoms with Crippen molar-refractivity contribution >= 4 is 11.6 Å². The first-order valence-electron chi connectivity index (χ1n) is 4.40. The quantitative estimate of drug-likeness (QED) is 0.777. The molecule has 0 fully saturated rings. The van der Waals surface area contributed by atoms with Crippen LogP contribution >= 0.6 is 11.6 Å². The van der Waals surface area contributed by atoms with Crippen molar-refractivity contribution in [3.63, 3.8) is 0 Å². The predicted octanol–water partition coefficient (Wildman–Crippen LogP) is 3.85. The molecule has 0 aliphatic rings. The zero-order valence-corrected chi connectivity index (χ0v) is 8.50. The molecule has 0 unspecified atom stereocenters. The molecule has 2 rings (SSSR count). The molecule has 76 valence electrons. The molecule has 0 aliphatic carbocycles. The van der Waals surface area contributed by atoms with E-state index in [1.807, 2.05) is 0 Å². The molecule has 0 heterocycles. The Morgan fingerprint density at radius 3 is 2.20 bits per heavy atom. The lowest BCUT2D eigenvalue weighted by molar-refractivity contribution is 0.475. The lowest BCUT2D eigenvalue weighted by atomic mass is 10.1. The van der Waals surface area contributed by atoms with Gasteiger partial charge < -0.3 is 5.11 Å². The van der Waals surface area contributed by atoms with Crippen LogP contribution in [-0.4, -0.2) is 5.11 Å². The third-order valence-corrected chi connectivity index (χ3v) is 2.28. The van der Waals surface area contributed by atoms with E-state index in [2.05, 4.69) is 0 Å². The van der Waals surface area contributed by atoms with Crippen molar-refractivity contribution in [2.45, 2.75) is 0 Å². The number of aromatic hydroxyl groups is 1. The molecular formula is C12H8ClFO. The summed E-state index contributed by atoms with van der Waals surface area (Å²) in [5.74, 6) is -0.188. The van der Waals surface area contributed by atoms with Gasteiger partial charge in [0.25, 0.3) is 0 Å². The first kappa shape index (κ1) is 9.99. The first-order chi connectivity index (χ1) is 7.15. The van der Waals surface area contributed by atoms with E-state index >= 15 is 0 Å². The smallest absolute Gasteiger partial charge is 0.123 e. The molecule has 15 heavy (non-hydrogen) atoms. The van der Waals surface area contributed by atoms with Crippen LogP contribution in [0.3, 0.4) is 0 Å². The van der Waals surface area contributed by atoms with Crippen molar-refractivity contribution in [3.8, 4) is 16.9 Å². The number of phenols is 1. The van der Waals surface area contributed by atoms with Gasteiger partial charge in [0.1, 0.15) is 11.6 Å². The molecular weight excluding hydrogens is 215 g/mol. The molecule has 0 radical (unpaired) electrons. The fourth-order valence-corrected chi connectivity index (χ4v) is 1.61. The molecule has 1 nitrogen and oxygen atoms in total. The van der Waals surface area contributed by atoms with E-state index in [0.29, 0.717) is 5.02 Å². The second-order valence-electron chi connectivity index (χ2n) is 3.20. The molecule has 0 amide bonds. The topological polar surface area (TPSA) is 20.2 Å². The molecule has 1 N–H and O–H groups in total. The molecule has 0 spiro atoms. The summed E-state index contributed by atoms with van der Waals surface area (Å²) in [7, 11) is 0. The van der Waals surface area contributed by atoms with Crippen LogP contribution in [0, 0.1) is 5.82 Å². The summed E-state index contributed by atoms with van der Waals surface area (Å²) in [6.07, 6.45) is 0. The molecule has 2 aromatic rings. The van der Waals surface area contributed by atoms with Gasteiger partial charge in [-0.15, -0.1) is 0 Å². The maximum absolute atomic E-state index is 12.7. The van der Waals surface area contributed by atoms with Gasteiger partial charge in [0.2, 0.25) is 0 Å². The number of hydrogen-bond donors (Lipinski definition) is 1. The van der Waals surface area contributed by atoms with Gasteiger partial charge in [-0.25, -0.2) is 4.39 Å². The van der Waals surface area contributed by atoms with Gasteiger partial charge >= 0.3 is 0 Å². The van der Waals surface area contributed by atoms with E-state index in [0.717, 1.165) is 11.1 Å². The predicted molar refractivity (Wildman–Crippen MR) is 58.5 cm³/mol. The van der Waals surface area contributed by atoms with Crippen LogP contribution in [0.15, 0.2) is 42.5 Å². The molecule has 2 aromatic carbocycles. The standard InChI is InChI=1S/C12H8ClFO/c13-10-5-9(6-12(15)7-10)8-1-3-11(14)4-2-8/h1-7,15H. The summed E-state index contributed by atoms with van der Waals surface area (Å²) in [6, 6.07) is 10.8. The lowest BCUT2D eigenvalue weighted by Gasteiger charge is -2.03. The summed E-state index contributed by atoms with van der Waals surface area (Å²) in [5.41, 5.74) is 1.58. The Bertz CT molecular complexity index is 459. The maximum Gasteiger partial charge on any atom is 0.123 e. The maximum atomic E-state index is 12.7. The van der Waals surface area contributed by atoms with Crippen LogP contribution in [0.25, 0.3) is 11.1 Å². The third kappa shape index (κ3) is 2.28. The SMILES string of the molecule is Oc1cc(Cl)cc(-c2ccc(F)cc2)c1. The van der Waals surface area contributed by atoms with Crippen LogP contribution in [0.4, 0.5) is 4.39 Å². The Balaban J connectivity index is 2.49. The fraction of sp³-hybridized carbons (Fsp3) is 0. The minimum absolute atomic E-state index is 0.0989. The minimum atomic E-state index is -0.287. The Labute approximate surface area is 91.8 Å². The lowest BCUT2D eigenvalue weighted by Crippen LogP contribution is -1.79. The monoisotopic (exact) mass is 222 g/mol. The van der Waals surface area contributed by atoms with E-state index < -0.39 is 0 Å². The zero-order chi connectivity index (χ0) is 10.8. The van der Waals surface area contributed by atoms with Gasteiger partial charge in [0.05, 0.1) is 0 Å². The Hall–Kier alpha value is -1.54. The van der Waals surface area contributed by atoms with Crippen molar-refractivity contribution in [1.82, 2.24) is 0 Å². The minimum Gasteiger partial charge on any atom is -0.508 e. The van der Waals surface area contributed by atoms with Gasteiger partial charge in [-0.05, 0) is 41.5 Å². The first-order valence-corrected chi connectivity index (χ1v) is 4.78. The number of halogens is 2. The van der Waals surface area contributed by atoms with Crippen molar-refractivity contribution in [3.05, 3.63) is 53.3 Å². The van der Waals surface area contributed by atoms with E-state index in [-0.39, 0.29) is 11.6 Å². The summed E-state index contributed by atoms with van der Waals surface area (Å²) in [4.78, 5) is 0. The second-order valence-corrected chi connectivity index (χ2v) is 3.64. The number of hydrogen-bond acceptors (Lipinski definition) is 1. The number of rotatable bonds is 1. The average molecular weight is 223 g/mol. The number of phenolic OH excluding ortho intramolecular Hbond substituents is 1. The van der Waals surface area contributed by atoms with Gasteiger partial charge in [0, 0.05) is 5.02 Å². The Morgan fingerprint density at radius 2 is 1.60 bits per heavy atom. The molecule has 0 saturated heterocycles. The van der Waals surface area contributed by atoms with Crippen LogP contribution in [0.2, 0.25) is 5.02 Å². The van der Waals surface area contributed by atoms with Gasteiger partial charge in [0.15, 0.2) is 0 Å². The molecule has 0 aliphatic heterocycles. The summed E-state index contributed by atoms with van der Waals surface area (Å²) >= 11 is 5.80. The molecule has 3 heteroatoms. The average Bonchev–Trinajstić information content (AvgIpc) is 2.17. The molecule has 0 atom stereocenters. The van der Waals surface area contributed by atoms with Crippen molar-refractivity contribution in [2.24, 2.45) is 0 Å². The zero-order valence-electron chi connectivity index (χ0n) is 7.74. The summed E-state index contributed by atoms with van der Waals surface area (Å²) < 4.78 is 12.7. The molecule has 0 bridgehead atoms. The largest absolute Gasteiger partial charge is 0.508 e. The van der Waals surface area contributed by atoms with Crippen LogP contribution in [0.1, 0.15) is 0 Å². The second kappa shape index (κ2) is 3.91. The molecule has 0 aromatic heterocycles. The van der Waals surface area contributed by atoms with Gasteiger partial charge in [-0.2, -0.15) is 0 Å². The van der Waals surface area contributed by atoms with Crippen molar-refractivity contribution < 1.29 is 9.50 Å². The summed E-state index contributed by atoms with van der Waals surface area (Å²) in [5, 5.41) is 9.80. The highest BCUT2D eigenvalue weighted by atomic mass is 35.5. The van der Waals surface area contributed by atoms with Crippen LogP contribution < -0.4 is 0 Å².